The fourth-order valence-electron chi connectivity index (χ4n) is 3.51. The molecule has 1 aromatic rings. The topological polar surface area (TPSA) is 54.0 Å². The number of nitrogens with zero attached hydrogens (tertiary/aromatic N) is 1. The van der Waals surface area contributed by atoms with Gasteiger partial charge in [0.1, 0.15) is 4.88 Å². The maximum atomic E-state index is 12.2. The third kappa shape index (κ3) is 3.12. The van der Waals surface area contributed by atoms with E-state index < -0.39 is 0 Å². The Morgan fingerprint density at radius 1 is 1.43 bits per heavy atom. The molecule has 0 aliphatic heterocycles. The first kappa shape index (κ1) is 14.6. The Morgan fingerprint density at radius 3 is 2.95 bits per heavy atom. The molecule has 114 valence electrons. The summed E-state index contributed by atoms with van der Waals surface area (Å²) in [5, 5.41) is 7.06. The number of amides is 1. The van der Waals surface area contributed by atoms with Gasteiger partial charge in [-0.05, 0) is 50.9 Å². The first-order valence-electron chi connectivity index (χ1n) is 7.85. The molecule has 0 spiro atoms. The normalized spacial score (nSPS) is 26.3. The summed E-state index contributed by atoms with van der Waals surface area (Å²) >= 11 is 1.44. The Bertz CT molecular complexity index is 552. The van der Waals surface area contributed by atoms with Gasteiger partial charge in [-0.3, -0.25) is 4.79 Å². The quantitative estimate of drug-likeness (QED) is 0.794. The highest BCUT2D eigenvalue weighted by atomic mass is 32.1. The molecule has 3 atom stereocenters. The van der Waals surface area contributed by atoms with Crippen LogP contribution in [0, 0.1) is 24.7 Å². The molecule has 1 fully saturated rings. The van der Waals surface area contributed by atoms with Gasteiger partial charge in [0.15, 0.2) is 5.13 Å². The van der Waals surface area contributed by atoms with Crippen LogP contribution in [0.4, 0.5) is 5.13 Å². The zero-order chi connectivity index (χ0) is 14.8. The highest BCUT2D eigenvalue weighted by Crippen LogP contribution is 2.44. The predicted octanol–water partition coefficient (Wildman–Crippen LogP) is 3.22. The van der Waals surface area contributed by atoms with Crippen molar-refractivity contribution in [1.82, 2.24) is 10.3 Å². The van der Waals surface area contributed by atoms with Crippen molar-refractivity contribution in [3.05, 3.63) is 22.7 Å². The van der Waals surface area contributed by atoms with Crippen molar-refractivity contribution < 1.29 is 4.79 Å². The average molecular weight is 305 g/mol. The summed E-state index contributed by atoms with van der Waals surface area (Å²) in [6, 6.07) is 0. The summed E-state index contributed by atoms with van der Waals surface area (Å²) in [7, 11) is 0. The predicted molar refractivity (Wildman–Crippen MR) is 86.8 cm³/mol. The Morgan fingerprint density at radius 2 is 2.29 bits per heavy atom. The molecule has 21 heavy (non-hydrogen) atoms. The van der Waals surface area contributed by atoms with Crippen LogP contribution in [-0.4, -0.2) is 24.0 Å². The molecule has 0 unspecified atom stereocenters. The van der Waals surface area contributed by atoms with Gasteiger partial charge in [0.2, 0.25) is 0 Å². The van der Waals surface area contributed by atoms with E-state index in [1.54, 1.807) is 0 Å². The number of nitrogens with one attached hydrogen (secondary N) is 2. The smallest absolute Gasteiger partial charge is 0.263 e. The zero-order valence-corrected chi connectivity index (χ0v) is 13.5. The number of rotatable bonds is 6. The number of anilines is 1. The van der Waals surface area contributed by atoms with Gasteiger partial charge in [-0.1, -0.05) is 23.5 Å². The van der Waals surface area contributed by atoms with Crippen molar-refractivity contribution in [2.45, 2.75) is 33.1 Å². The van der Waals surface area contributed by atoms with E-state index >= 15 is 0 Å². The molecule has 1 aromatic heterocycles. The zero-order valence-electron chi connectivity index (χ0n) is 12.7. The molecule has 3 rings (SSSR count). The van der Waals surface area contributed by atoms with Crippen LogP contribution in [0.1, 0.15) is 41.6 Å². The van der Waals surface area contributed by atoms with Crippen molar-refractivity contribution in [3.8, 4) is 0 Å². The molecule has 1 amide bonds. The first-order valence-corrected chi connectivity index (χ1v) is 8.66. The largest absolute Gasteiger partial charge is 0.362 e. The van der Waals surface area contributed by atoms with Gasteiger partial charge in [-0.15, -0.1) is 0 Å². The van der Waals surface area contributed by atoms with Crippen molar-refractivity contribution in [1.29, 1.82) is 0 Å². The molecule has 1 heterocycles. The van der Waals surface area contributed by atoms with Crippen LogP contribution < -0.4 is 10.6 Å². The number of allylic oxidation sites excluding steroid dienone is 2. The van der Waals surface area contributed by atoms with E-state index in [1.165, 1.54) is 24.2 Å². The monoisotopic (exact) mass is 305 g/mol. The van der Waals surface area contributed by atoms with E-state index in [2.05, 4.69) is 27.8 Å². The Hall–Kier alpha value is -1.36. The maximum absolute atomic E-state index is 12.2. The molecule has 2 N–H and O–H groups in total. The van der Waals surface area contributed by atoms with Crippen LogP contribution in [0.3, 0.4) is 0 Å². The highest BCUT2D eigenvalue weighted by Gasteiger charge is 2.35. The minimum absolute atomic E-state index is 0.0212. The number of hydrogen-bond acceptors (Lipinski definition) is 4. The summed E-state index contributed by atoms with van der Waals surface area (Å²) in [6.45, 7) is 5.52. The number of thiazole rings is 1. The van der Waals surface area contributed by atoms with Gasteiger partial charge in [0.05, 0.1) is 5.69 Å². The SMILES string of the molecule is CCNc1nc(C)c(C(=O)NCC[C@@H]2C[C@@H]3C=C[C@H]2C3)s1. The van der Waals surface area contributed by atoms with Crippen molar-refractivity contribution in [2.24, 2.45) is 17.8 Å². The van der Waals surface area contributed by atoms with Gasteiger partial charge in [-0.25, -0.2) is 4.98 Å². The summed E-state index contributed by atoms with van der Waals surface area (Å²) in [4.78, 5) is 17.3. The number of carbonyl (C=O) groups excluding carboxylic acids is 1. The van der Waals surface area contributed by atoms with E-state index in [4.69, 9.17) is 0 Å². The molecule has 2 aliphatic carbocycles. The van der Waals surface area contributed by atoms with E-state index in [1.807, 2.05) is 13.8 Å². The van der Waals surface area contributed by atoms with E-state index in [-0.39, 0.29) is 5.91 Å². The van der Waals surface area contributed by atoms with Crippen LogP contribution in [0.25, 0.3) is 0 Å². The molecule has 2 bridgehead atoms. The van der Waals surface area contributed by atoms with Crippen molar-refractivity contribution in [2.75, 3.05) is 18.4 Å². The lowest BCUT2D eigenvalue weighted by Gasteiger charge is -2.17. The molecule has 5 heteroatoms. The van der Waals surface area contributed by atoms with Crippen molar-refractivity contribution in [3.63, 3.8) is 0 Å². The molecule has 0 aromatic carbocycles. The second-order valence-electron chi connectivity index (χ2n) is 6.05. The fourth-order valence-corrected chi connectivity index (χ4v) is 4.46. The second kappa shape index (κ2) is 6.18. The Balaban J connectivity index is 1.49. The van der Waals surface area contributed by atoms with Gasteiger partial charge in [0, 0.05) is 13.1 Å². The fraction of sp³-hybridized carbons (Fsp3) is 0.625. The Labute approximate surface area is 130 Å². The maximum Gasteiger partial charge on any atom is 0.263 e. The van der Waals surface area contributed by atoms with E-state index in [0.717, 1.165) is 53.0 Å². The summed E-state index contributed by atoms with van der Waals surface area (Å²) in [5.41, 5.74) is 0.816. The van der Waals surface area contributed by atoms with Gasteiger partial charge < -0.3 is 10.6 Å². The molecular formula is C16H23N3OS. The molecule has 0 saturated heterocycles. The lowest BCUT2D eigenvalue weighted by atomic mass is 9.91. The van der Waals surface area contributed by atoms with Crippen LogP contribution in [-0.2, 0) is 0 Å². The number of hydrogen-bond donors (Lipinski definition) is 2. The number of aromatic nitrogens is 1. The minimum Gasteiger partial charge on any atom is -0.362 e. The van der Waals surface area contributed by atoms with Crippen LogP contribution in [0.5, 0.6) is 0 Å². The average Bonchev–Trinajstić information content (AvgIpc) is 3.14. The lowest BCUT2D eigenvalue weighted by Crippen LogP contribution is -2.26. The summed E-state index contributed by atoms with van der Waals surface area (Å²) in [6.07, 6.45) is 8.47. The molecule has 0 radical (unpaired) electrons. The number of carbonyl (C=O) groups is 1. The highest BCUT2D eigenvalue weighted by molar-refractivity contribution is 7.17. The first-order chi connectivity index (χ1) is 10.2. The third-order valence-electron chi connectivity index (χ3n) is 4.55. The van der Waals surface area contributed by atoms with Crippen LogP contribution in [0.15, 0.2) is 12.2 Å². The Kier molecular flexibility index (Phi) is 4.29. The third-order valence-corrected chi connectivity index (χ3v) is 5.66. The van der Waals surface area contributed by atoms with Gasteiger partial charge in [0.25, 0.3) is 5.91 Å². The summed E-state index contributed by atoms with van der Waals surface area (Å²) in [5.74, 6) is 2.35. The van der Waals surface area contributed by atoms with Gasteiger partial charge in [-0.2, -0.15) is 0 Å². The van der Waals surface area contributed by atoms with Gasteiger partial charge >= 0.3 is 0 Å². The van der Waals surface area contributed by atoms with E-state index in [9.17, 15) is 4.79 Å². The lowest BCUT2D eigenvalue weighted by molar-refractivity contribution is 0.0954. The standard InChI is InChI=1S/C16H23N3OS/c1-3-17-16-19-10(2)14(21-16)15(20)18-7-6-13-9-11-4-5-12(13)8-11/h4-5,11-13H,3,6-9H2,1-2H3,(H,17,19)(H,18,20)/t11-,12+,13-/m1/s1. The molecule has 4 nitrogen and oxygen atoms in total. The molecule has 2 aliphatic rings. The van der Waals surface area contributed by atoms with Crippen LogP contribution in [0.2, 0.25) is 0 Å². The second-order valence-corrected chi connectivity index (χ2v) is 7.05. The van der Waals surface area contributed by atoms with Crippen molar-refractivity contribution >= 4 is 22.4 Å². The van der Waals surface area contributed by atoms with E-state index in [0.29, 0.717) is 0 Å². The number of aryl methyl sites for hydroxylation is 1. The number of fused-ring (bicyclic) bond motifs is 2. The summed E-state index contributed by atoms with van der Waals surface area (Å²) < 4.78 is 0. The molecule has 1 saturated carbocycles. The minimum atomic E-state index is 0.0212. The van der Waals surface area contributed by atoms with Crippen LogP contribution >= 0.6 is 11.3 Å². The molecular weight excluding hydrogens is 282 g/mol.